The molecule has 0 heterocycles. The van der Waals surface area contributed by atoms with Crippen molar-refractivity contribution in [1.82, 2.24) is 10.2 Å². The summed E-state index contributed by atoms with van der Waals surface area (Å²) in [7, 11) is 0. The molecular formula is C13H26N2. The molecule has 0 unspecified atom stereocenters. The molecule has 0 aromatic heterocycles. The van der Waals surface area contributed by atoms with E-state index < -0.39 is 0 Å². The highest BCUT2D eigenvalue weighted by atomic mass is 15.2. The summed E-state index contributed by atoms with van der Waals surface area (Å²) >= 11 is 0. The Morgan fingerprint density at radius 1 is 1.47 bits per heavy atom. The van der Waals surface area contributed by atoms with Crippen molar-refractivity contribution in [2.45, 2.75) is 39.7 Å². The van der Waals surface area contributed by atoms with Gasteiger partial charge in [-0.1, -0.05) is 27.4 Å². The van der Waals surface area contributed by atoms with Crippen molar-refractivity contribution < 1.29 is 0 Å². The van der Waals surface area contributed by atoms with E-state index >= 15 is 0 Å². The second-order valence-electron chi connectivity index (χ2n) is 5.08. The minimum atomic E-state index is 0.762. The SMILES string of the molecule is C=C(CNCC)CN(CC(C)C)C1CC1. The first-order valence-corrected chi connectivity index (χ1v) is 6.24. The third kappa shape index (κ3) is 5.33. The van der Waals surface area contributed by atoms with Crippen molar-refractivity contribution in [2.75, 3.05) is 26.2 Å². The predicted molar refractivity (Wildman–Crippen MR) is 67.1 cm³/mol. The number of likely N-dealkylation sites (N-methyl/N-ethyl adjacent to an activating group) is 1. The molecule has 0 amide bonds. The molecule has 2 nitrogen and oxygen atoms in total. The van der Waals surface area contributed by atoms with Crippen LogP contribution in [-0.4, -0.2) is 37.1 Å². The van der Waals surface area contributed by atoms with E-state index in [1.165, 1.54) is 25.0 Å². The topological polar surface area (TPSA) is 15.3 Å². The van der Waals surface area contributed by atoms with E-state index in [0.717, 1.165) is 31.6 Å². The Morgan fingerprint density at radius 3 is 2.60 bits per heavy atom. The van der Waals surface area contributed by atoms with Crippen molar-refractivity contribution in [3.63, 3.8) is 0 Å². The highest BCUT2D eigenvalue weighted by Gasteiger charge is 2.29. The van der Waals surface area contributed by atoms with Crippen LogP contribution in [0.4, 0.5) is 0 Å². The molecule has 88 valence electrons. The lowest BCUT2D eigenvalue weighted by atomic mass is 10.2. The van der Waals surface area contributed by atoms with Crippen LogP contribution in [0.25, 0.3) is 0 Å². The maximum atomic E-state index is 4.15. The van der Waals surface area contributed by atoms with E-state index in [1.807, 2.05) is 0 Å². The zero-order chi connectivity index (χ0) is 11.3. The van der Waals surface area contributed by atoms with Gasteiger partial charge in [-0.25, -0.2) is 0 Å². The van der Waals surface area contributed by atoms with Gasteiger partial charge >= 0.3 is 0 Å². The molecule has 1 aliphatic carbocycles. The Kier molecular flexibility index (Phi) is 5.34. The first kappa shape index (κ1) is 12.7. The van der Waals surface area contributed by atoms with Crippen LogP contribution in [0.2, 0.25) is 0 Å². The molecule has 1 aliphatic rings. The van der Waals surface area contributed by atoms with Gasteiger partial charge in [-0.15, -0.1) is 0 Å². The Hall–Kier alpha value is -0.340. The van der Waals surface area contributed by atoms with Gasteiger partial charge < -0.3 is 5.32 Å². The minimum Gasteiger partial charge on any atom is -0.313 e. The summed E-state index contributed by atoms with van der Waals surface area (Å²) in [5.41, 5.74) is 1.32. The van der Waals surface area contributed by atoms with E-state index in [4.69, 9.17) is 0 Å². The fourth-order valence-corrected chi connectivity index (χ4v) is 1.90. The van der Waals surface area contributed by atoms with Crippen molar-refractivity contribution >= 4 is 0 Å². The summed E-state index contributed by atoms with van der Waals surface area (Å²) in [4.78, 5) is 2.60. The van der Waals surface area contributed by atoms with Gasteiger partial charge in [-0.2, -0.15) is 0 Å². The molecule has 1 N–H and O–H groups in total. The maximum absolute atomic E-state index is 4.15. The van der Waals surface area contributed by atoms with Crippen LogP contribution in [-0.2, 0) is 0 Å². The van der Waals surface area contributed by atoms with Crippen LogP contribution in [0.1, 0.15) is 33.6 Å². The second-order valence-corrected chi connectivity index (χ2v) is 5.08. The maximum Gasteiger partial charge on any atom is 0.0205 e. The van der Waals surface area contributed by atoms with Crippen LogP contribution in [0.15, 0.2) is 12.2 Å². The number of nitrogens with one attached hydrogen (secondary N) is 1. The van der Waals surface area contributed by atoms with Gasteiger partial charge in [0.15, 0.2) is 0 Å². The quantitative estimate of drug-likeness (QED) is 0.618. The van der Waals surface area contributed by atoms with E-state index in [2.05, 4.69) is 37.6 Å². The highest BCUT2D eigenvalue weighted by molar-refractivity contribution is 5.02. The van der Waals surface area contributed by atoms with Crippen molar-refractivity contribution in [1.29, 1.82) is 0 Å². The van der Waals surface area contributed by atoms with E-state index in [9.17, 15) is 0 Å². The fourth-order valence-electron chi connectivity index (χ4n) is 1.90. The Labute approximate surface area is 94.7 Å². The first-order chi connectivity index (χ1) is 7.13. The van der Waals surface area contributed by atoms with Crippen molar-refractivity contribution in [3.8, 4) is 0 Å². The summed E-state index contributed by atoms with van der Waals surface area (Å²) in [5.74, 6) is 0.762. The number of hydrogen-bond donors (Lipinski definition) is 1. The average molecular weight is 210 g/mol. The molecule has 0 bridgehead atoms. The summed E-state index contributed by atoms with van der Waals surface area (Å²) in [6.45, 7) is 15.2. The zero-order valence-electron chi connectivity index (χ0n) is 10.6. The van der Waals surface area contributed by atoms with Crippen LogP contribution >= 0.6 is 0 Å². The van der Waals surface area contributed by atoms with Gasteiger partial charge in [0.2, 0.25) is 0 Å². The molecule has 0 atom stereocenters. The molecule has 0 saturated heterocycles. The zero-order valence-corrected chi connectivity index (χ0v) is 10.6. The molecule has 0 spiro atoms. The number of rotatable bonds is 8. The molecule has 0 radical (unpaired) electrons. The highest BCUT2D eigenvalue weighted by Crippen LogP contribution is 2.27. The summed E-state index contributed by atoms with van der Waals surface area (Å²) < 4.78 is 0. The van der Waals surface area contributed by atoms with Gasteiger partial charge in [-0.05, 0) is 30.9 Å². The van der Waals surface area contributed by atoms with Crippen LogP contribution in [0, 0.1) is 5.92 Å². The largest absolute Gasteiger partial charge is 0.313 e. The van der Waals surface area contributed by atoms with Crippen molar-refractivity contribution in [2.24, 2.45) is 5.92 Å². The standard InChI is InChI=1S/C13H26N2/c1-5-14-8-12(4)10-15(9-11(2)3)13-6-7-13/h11,13-14H,4-10H2,1-3H3. The van der Waals surface area contributed by atoms with Gasteiger partial charge in [0, 0.05) is 25.7 Å². The fraction of sp³-hybridized carbons (Fsp3) is 0.846. The van der Waals surface area contributed by atoms with Gasteiger partial charge in [0.25, 0.3) is 0 Å². The summed E-state index contributed by atoms with van der Waals surface area (Å²) in [6.07, 6.45) is 2.78. The molecule has 15 heavy (non-hydrogen) atoms. The summed E-state index contributed by atoms with van der Waals surface area (Å²) in [6, 6.07) is 0.853. The molecule has 0 aromatic rings. The molecule has 1 fully saturated rings. The normalized spacial score (nSPS) is 16.3. The van der Waals surface area contributed by atoms with Crippen LogP contribution in [0.5, 0.6) is 0 Å². The van der Waals surface area contributed by atoms with E-state index in [1.54, 1.807) is 0 Å². The molecule has 0 aliphatic heterocycles. The smallest absolute Gasteiger partial charge is 0.0205 e. The molecule has 1 rings (SSSR count). The third-order valence-electron chi connectivity index (χ3n) is 2.71. The summed E-state index contributed by atoms with van der Waals surface area (Å²) in [5, 5.41) is 3.34. The van der Waals surface area contributed by atoms with Gasteiger partial charge in [0.05, 0.1) is 0 Å². The first-order valence-electron chi connectivity index (χ1n) is 6.24. The molecule has 0 aromatic carbocycles. The van der Waals surface area contributed by atoms with Crippen molar-refractivity contribution in [3.05, 3.63) is 12.2 Å². The average Bonchev–Trinajstić information content (AvgIpc) is 2.96. The van der Waals surface area contributed by atoms with E-state index in [0.29, 0.717) is 0 Å². The lowest BCUT2D eigenvalue weighted by Crippen LogP contribution is -2.33. The number of nitrogens with zero attached hydrogens (tertiary/aromatic N) is 1. The lowest BCUT2D eigenvalue weighted by molar-refractivity contribution is 0.252. The minimum absolute atomic E-state index is 0.762. The molecule has 1 saturated carbocycles. The van der Waals surface area contributed by atoms with E-state index in [-0.39, 0.29) is 0 Å². The third-order valence-corrected chi connectivity index (χ3v) is 2.71. The Balaban J connectivity index is 2.27. The van der Waals surface area contributed by atoms with Gasteiger partial charge in [-0.3, -0.25) is 4.90 Å². The Bertz CT molecular complexity index is 195. The van der Waals surface area contributed by atoms with Crippen LogP contribution in [0.3, 0.4) is 0 Å². The predicted octanol–water partition coefficient (Wildman–Crippen LogP) is 2.27. The Morgan fingerprint density at radius 2 is 2.13 bits per heavy atom. The van der Waals surface area contributed by atoms with Gasteiger partial charge in [0.1, 0.15) is 0 Å². The lowest BCUT2D eigenvalue weighted by Gasteiger charge is -2.25. The second kappa shape index (κ2) is 6.29. The number of hydrogen-bond acceptors (Lipinski definition) is 2. The van der Waals surface area contributed by atoms with Crippen LogP contribution < -0.4 is 5.32 Å². The molecular weight excluding hydrogens is 184 g/mol. The monoisotopic (exact) mass is 210 g/mol. The molecule has 2 heteroatoms.